The number of carbonyl (C=O) groups excluding carboxylic acids is 3. The van der Waals surface area contributed by atoms with Crippen LogP contribution >= 0.6 is 0 Å². The van der Waals surface area contributed by atoms with E-state index in [0.29, 0.717) is 5.56 Å². The number of aromatic nitrogens is 1. The van der Waals surface area contributed by atoms with Crippen LogP contribution in [0.5, 0.6) is 0 Å². The Morgan fingerprint density at radius 2 is 1.54 bits per heavy atom. The van der Waals surface area contributed by atoms with E-state index in [1.165, 1.54) is 6.92 Å². The fourth-order valence-corrected chi connectivity index (χ4v) is 3.47. The van der Waals surface area contributed by atoms with E-state index in [2.05, 4.69) is 20.9 Å². The Kier molecular flexibility index (Phi) is 10.1. The molecule has 37 heavy (non-hydrogen) atoms. The number of carboxylic acids is 3. The van der Waals surface area contributed by atoms with Gasteiger partial charge in [0.25, 0.3) is 0 Å². The van der Waals surface area contributed by atoms with Gasteiger partial charge in [-0.2, -0.15) is 0 Å². The average molecular weight is 520 g/mol. The van der Waals surface area contributed by atoms with Gasteiger partial charge in [0.05, 0.1) is 12.5 Å². The van der Waals surface area contributed by atoms with Crippen molar-refractivity contribution in [3.63, 3.8) is 0 Å². The molecule has 1 aromatic heterocycles. The van der Waals surface area contributed by atoms with Crippen molar-refractivity contribution in [2.24, 2.45) is 5.73 Å². The first-order valence-electron chi connectivity index (χ1n) is 11.3. The minimum atomic E-state index is -1.64. The van der Waals surface area contributed by atoms with Crippen molar-refractivity contribution >= 4 is 46.5 Å². The van der Waals surface area contributed by atoms with Gasteiger partial charge in [0.15, 0.2) is 0 Å². The van der Waals surface area contributed by atoms with E-state index in [1.807, 2.05) is 0 Å². The maximum Gasteiger partial charge on any atom is 0.326 e. The van der Waals surface area contributed by atoms with Crippen LogP contribution < -0.4 is 21.7 Å². The van der Waals surface area contributed by atoms with E-state index in [0.717, 1.165) is 10.9 Å². The SMILES string of the molecule is CC(NC(=O)C(N)CCC(=O)O)C(=O)NC(CC(=O)O)C(=O)NC(Cc1c[nH]c2ccccc12)C(=O)O. The third-order valence-corrected chi connectivity index (χ3v) is 5.48. The normalized spacial score (nSPS) is 14.1. The lowest BCUT2D eigenvalue weighted by Gasteiger charge is -2.23. The maximum absolute atomic E-state index is 12.8. The summed E-state index contributed by atoms with van der Waals surface area (Å²) in [5.74, 6) is -6.73. The number of aromatic amines is 1. The summed E-state index contributed by atoms with van der Waals surface area (Å²) in [6, 6.07) is 1.61. The molecule has 14 nitrogen and oxygen atoms in total. The van der Waals surface area contributed by atoms with Gasteiger partial charge in [0.2, 0.25) is 17.7 Å². The number of hydrogen-bond donors (Lipinski definition) is 8. The molecule has 200 valence electrons. The van der Waals surface area contributed by atoms with Crippen LogP contribution in [0.1, 0.15) is 31.7 Å². The van der Waals surface area contributed by atoms with E-state index in [9.17, 15) is 39.0 Å². The highest BCUT2D eigenvalue weighted by Gasteiger charge is 2.30. The number of para-hydroxylation sites is 1. The number of aliphatic carboxylic acids is 3. The van der Waals surface area contributed by atoms with E-state index >= 15 is 0 Å². The summed E-state index contributed by atoms with van der Waals surface area (Å²) in [5.41, 5.74) is 6.97. The van der Waals surface area contributed by atoms with Crippen LogP contribution in [0.2, 0.25) is 0 Å². The summed E-state index contributed by atoms with van der Waals surface area (Å²) in [5, 5.41) is 35.0. The number of H-pyrrole nitrogens is 1. The summed E-state index contributed by atoms with van der Waals surface area (Å²) < 4.78 is 0. The molecule has 14 heteroatoms. The molecule has 4 atom stereocenters. The zero-order chi connectivity index (χ0) is 27.7. The van der Waals surface area contributed by atoms with Gasteiger partial charge < -0.3 is 42.0 Å². The van der Waals surface area contributed by atoms with Crippen molar-refractivity contribution in [1.29, 1.82) is 0 Å². The Morgan fingerprint density at radius 3 is 2.16 bits per heavy atom. The standard InChI is InChI=1S/C23H29N5O9/c1-11(26-21(34)14(24)6-7-18(29)30)20(33)27-16(9-19(31)32)22(35)28-17(23(36)37)8-12-10-25-15-5-3-2-4-13(12)15/h2-5,10-11,14,16-17,25H,6-9,24H2,1H3,(H,26,34)(H,27,33)(H,28,35)(H,29,30)(H,31,32)(H,36,37). The molecule has 2 rings (SSSR count). The maximum atomic E-state index is 12.8. The Labute approximate surface area is 210 Å². The van der Waals surface area contributed by atoms with Crippen LogP contribution in [0.25, 0.3) is 10.9 Å². The molecule has 0 aliphatic heterocycles. The molecule has 3 amide bonds. The Bertz CT molecular complexity index is 1180. The van der Waals surface area contributed by atoms with Gasteiger partial charge in [-0.25, -0.2) is 4.79 Å². The summed E-state index contributed by atoms with van der Waals surface area (Å²) in [6.45, 7) is 1.25. The lowest BCUT2D eigenvalue weighted by molar-refractivity contribution is -0.143. The number of fused-ring (bicyclic) bond motifs is 1. The number of nitrogens with two attached hydrogens (primary N) is 1. The highest BCUT2D eigenvalue weighted by atomic mass is 16.4. The molecule has 0 fully saturated rings. The fraction of sp³-hybridized carbons (Fsp3) is 0.391. The zero-order valence-corrected chi connectivity index (χ0v) is 19.9. The molecule has 0 saturated heterocycles. The monoisotopic (exact) mass is 519 g/mol. The molecule has 0 saturated carbocycles. The van der Waals surface area contributed by atoms with E-state index in [-0.39, 0.29) is 19.3 Å². The second-order valence-corrected chi connectivity index (χ2v) is 8.39. The van der Waals surface area contributed by atoms with Crippen molar-refractivity contribution in [2.45, 2.75) is 56.8 Å². The smallest absolute Gasteiger partial charge is 0.326 e. The Balaban J connectivity index is 2.06. The third-order valence-electron chi connectivity index (χ3n) is 5.48. The first kappa shape index (κ1) is 28.8. The number of amides is 3. The molecule has 0 aliphatic carbocycles. The molecule has 2 aromatic rings. The molecular weight excluding hydrogens is 490 g/mol. The number of nitrogens with one attached hydrogen (secondary N) is 4. The molecule has 1 aromatic carbocycles. The highest BCUT2D eigenvalue weighted by Crippen LogP contribution is 2.19. The lowest BCUT2D eigenvalue weighted by Crippen LogP contribution is -2.57. The number of carbonyl (C=O) groups is 6. The van der Waals surface area contributed by atoms with Gasteiger partial charge in [-0.15, -0.1) is 0 Å². The van der Waals surface area contributed by atoms with Crippen molar-refractivity contribution in [1.82, 2.24) is 20.9 Å². The van der Waals surface area contributed by atoms with Crippen molar-refractivity contribution in [2.75, 3.05) is 0 Å². The number of hydrogen-bond acceptors (Lipinski definition) is 7. The van der Waals surface area contributed by atoms with Crippen LogP contribution in [0.4, 0.5) is 0 Å². The zero-order valence-electron chi connectivity index (χ0n) is 19.9. The topological polar surface area (TPSA) is 241 Å². The molecule has 4 unspecified atom stereocenters. The Hall–Kier alpha value is -4.46. The highest BCUT2D eigenvalue weighted by molar-refractivity contribution is 5.95. The van der Waals surface area contributed by atoms with Gasteiger partial charge >= 0.3 is 17.9 Å². The van der Waals surface area contributed by atoms with Crippen molar-refractivity contribution in [3.8, 4) is 0 Å². The third kappa shape index (κ3) is 8.61. The number of rotatable bonds is 14. The molecule has 0 spiro atoms. The molecule has 0 bridgehead atoms. The van der Waals surface area contributed by atoms with Crippen LogP contribution in [0.15, 0.2) is 30.5 Å². The van der Waals surface area contributed by atoms with Gasteiger partial charge in [0, 0.05) is 29.9 Å². The largest absolute Gasteiger partial charge is 0.481 e. The van der Waals surface area contributed by atoms with Gasteiger partial charge in [-0.3, -0.25) is 24.0 Å². The summed E-state index contributed by atoms with van der Waals surface area (Å²) >= 11 is 0. The van der Waals surface area contributed by atoms with Gasteiger partial charge in [-0.1, -0.05) is 18.2 Å². The second kappa shape index (κ2) is 13.0. The molecule has 0 radical (unpaired) electrons. The van der Waals surface area contributed by atoms with Crippen molar-refractivity contribution < 1.29 is 44.1 Å². The van der Waals surface area contributed by atoms with Gasteiger partial charge in [0.1, 0.15) is 18.1 Å². The second-order valence-electron chi connectivity index (χ2n) is 8.39. The average Bonchev–Trinajstić information content (AvgIpc) is 3.23. The Morgan fingerprint density at radius 1 is 0.892 bits per heavy atom. The fourth-order valence-electron chi connectivity index (χ4n) is 3.47. The van der Waals surface area contributed by atoms with Crippen LogP contribution in [-0.2, 0) is 35.2 Å². The molecule has 9 N–H and O–H groups in total. The first-order valence-corrected chi connectivity index (χ1v) is 11.3. The summed E-state index contributed by atoms with van der Waals surface area (Å²) in [4.78, 5) is 74.2. The van der Waals surface area contributed by atoms with E-state index < -0.39 is 66.2 Å². The first-order chi connectivity index (χ1) is 17.4. The van der Waals surface area contributed by atoms with Crippen LogP contribution in [0, 0.1) is 0 Å². The summed E-state index contributed by atoms with van der Waals surface area (Å²) in [7, 11) is 0. The molecular formula is C23H29N5O9. The van der Waals surface area contributed by atoms with Gasteiger partial charge in [-0.05, 0) is 25.0 Å². The predicted octanol–water partition coefficient (Wildman–Crippen LogP) is -1.06. The molecule has 0 aliphatic rings. The van der Waals surface area contributed by atoms with E-state index in [4.69, 9.17) is 10.8 Å². The quantitative estimate of drug-likeness (QED) is 0.150. The van der Waals surface area contributed by atoms with Crippen LogP contribution in [-0.4, -0.2) is 80.1 Å². The van der Waals surface area contributed by atoms with Crippen molar-refractivity contribution in [3.05, 3.63) is 36.0 Å². The molecule has 1 heterocycles. The minimum Gasteiger partial charge on any atom is -0.481 e. The predicted molar refractivity (Wildman–Crippen MR) is 128 cm³/mol. The summed E-state index contributed by atoms with van der Waals surface area (Å²) in [6.07, 6.45) is 0.107. The minimum absolute atomic E-state index is 0.112. The van der Waals surface area contributed by atoms with Crippen LogP contribution in [0.3, 0.4) is 0 Å². The number of carboxylic acid groups (broad SMARTS) is 3. The number of benzene rings is 1. The van der Waals surface area contributed by atoms with E-state index in [1.54, 1.807) is 30.5 Å². The lowest BCUT2D eigenvalue weighted by atomic mass is 10.0.